The number of rotatable bonds is 8. The minimum Gasteiger partial charge on any atom is -0.550 e. The lowest BCUT2D eigenvalue weighted by molar-refractivity contribution is -0.305. The average molecular weight is 446 g/mol. The second-order valence-corrected chi connectivity index (χ2v) is 8.96. The van der Waals surface area contributed by atoms with Gasteiger partial charge in [-0.1, -0.05) is 30.3 Å². The first-order chi connectivity index (χ1) is 14.6. The van der Waals surface area contributed by atoms with Crippen molar-refractivity contribution in [2.24, 2.45) is 5.10 Å². The lowest BCUT2D eigenvalue weighted by Gasteiger charge is -2.22. The third-order valence-corrected chi connectivity index (χ3v) is 5.31. The van der Waals surface area contributed by atoms with Crippen LogP contribution in [0.1, 0.15) is 42.9 Å². The van der Waals surface area contributed by atoms with Gasteiger partial charge in [-0.05, 0) is 36.6 Å². The van der Waals surface area contributed by atoms with Crippen LogP contribution in [0.25, 0.3) is 0 Å². The summed E-state index contributed by atoms with van der Waals surface area (Å²) < 4.78 is 39.9. The van der Waals surface area contributed by atoms with E-state index in [4.69, 9.17) is 0 Å². The highest BCUT2D eigenvalue weighted by molar-refractivity contribution is 7.92. The molecule has 0 unspecified atom stereocenters. The third kappa shape index (κ3) is 5.88. The molecule has 1 N–H and O–H groups in total. The van der Waals surface area contributed by atoms with Crippen LogP contribution in [0.4, 0.5) is 10.1 Å². The molecule has 1 amide bonds. The van der Waals surface area contributed by atoms with Gasteiger partial charge in [0.05, 0.1) is 18.0 Å². The van der Waals surface area contributed by atoms with Gasteiger partial charge in [-0.3, -0.25) is 9.52 Å². The minimum atomic E-state index is -3.48. The molecule has 0 radical (unpaired) electrons. The number of nitrogens with one attached hydrogen (secondary N) is 1. The molecule has 8 nitrogen and oxygen atoms in total. The molecule has 1 atom stereocenters. The Morgan fingerprint density at radius 2 is 1.94 bits per heavy atom. The zero-order chi connectivity index (χ0) is 22.6. The van der Waals surface area contributed by atoms with Gasteiger partial charge in [0.25, 0.3) is 0 Å². The zero-order valence-electron chi connectivity index (χ0n) is 16.7. The Hall–Kier alpha value is -3.27. The Bertz CT molecular complexity index is 1130. The summed E-state index contributed by atoms with van der Waals surface area (Å²) in [6.07, 6.45) is 0.995. The summed E-state index contributed by atoms with van der Waals surface area (Å²) in [6.45, 7) is 0. The lowest BCUT2D eigenvalue weighted by Crippen LogP contribution is -2.28. The summed E-state index contributed by atoms with van der Waals surface area (Å²) in [4.78, 5) is 23.4. The van der Waals surface area contributed by atoms with Crippen molar-refractivity contribution in [1.29, 1.82) is 0 Å². The molecule has 2 aromatic rings. The van der Waals surface area contributed by atoms with Crippen LogP contribution in [-0.2, 0) is 19.6 Å². The van der Waals surface area contributed by atoms with Crippen molar-refractivity contribution in [2.45, 2.75) is 31.7 Å². The fraction of sp³-hybridized carbons (Fsp3) is 0.286. The van der Waals surface area contributed by atoms with Crippen molar-refractivity contribution in [2.75, 3.05) is 11.0 Å². The Labute approximate surface area is 179 Å². The van der Waals surface area contributed by atoms with E-state index in [0.717, 1.165) is 6.26 Å². The summed E-state index contributed by atoms with van der Waals surface area (Å²) in [6, 6.07) is 11.9. The Morgan fingerprint density at radius 1 is 1.19 bits per heavy atom. The Kier molecular flexibility index (Phi) is 6.69. The third-order valence-electron chi connectivity index (χ3n) is 4.70. The first-order valence-electron chi connectivity index (χ1n) is 9.56. The van der Waals surface area contributed by atoms with Gasteiger partial charge in [-0.15, -0.1) is 0 Å². The number of carboxylic acids is 1. The number of halogens is 1. The van der Waals surface area contributed by atoms with Gasteiger partial charge in [-0.2, -0.15) is 5.10 Å². The number of aliphatic carboxylic acids is 1. The molecule has 1 aliphatic heterocycles. The monoisotopic (exact) mass is 446 g/mol. The van der Waals surface area contributed by atoms with Gasteiger partial charge in [0.1, 0.15) is 5.82 Å². The van der Waals surface area contributed by atoms with Crippen LogP contribution >= 0.6 is 0 Å². The molecule has 164 valence electrons. The highest BCUT2D eigenvalue weighted by atomic mass is 32.2. The maximum atomic E-state index is 14.5. The van der Waals surface area contributed by atoms with Crippen LogP contribution in [0.15, 0.2) is 53.6 Å². The topological polar surface area (TPSA) is 119 Å². The van der Waals surface area contributed by atoms with E-state index in [1.807, 2.05) is 0 Å². The molecule has 0 saturated carbocycles. The first kappa shape index (κ1) is 22.4. The molecule has 2 aromatic carbocycles. The largest absolute Gasteiger partial charge is 0.550 e. The molecule has 0 saturated heterocycles. The van der Waals surface area contributed by atoms with Gasteiger partial charge >= 0.3 is 0 Å². The number of sulfonamides is 1. The number of carboxylic acid groups (broad SMARTS) is 1. The Morgan fingerprint density at radius 3 is 2.61 bits per heavy atom. The molecule has 0 fully saturated rings. The SMILES string of the molecule is CS(=O)(=O)Nc1cccc(C2=NN(C(=O)CCCC(=O)[O-])[C@H](c3ccccc3F)C2)c1. The van der Waals surface area contributed by atoms with Crippen molar-refractivity contribution < 1.29 is 27.5 Å². The van der Waals surface area contributed by atoms with Gasteiger partial charge in [-0.25, -0.2) is 17.8 Å². The standard InChI is InChI=1S/C21H22FN3O5S/c1-31(29,30)24-15-7-4-6-14(12-15)18-13-19(16-8-2-3-9-17(16)22)25(23-18)20(26)10-5-11-21(27)28/h2-4,6-9,12,19,24H,5,10-11,13H2,1H3,(H,27,28)/p-1/t19-/m0/s1. The summed E-state index contributed by atoms with van der Waals surface area (Å²) in [7, 11) is -3.48. The van der Waals surface area contributed by atoms with Crippen molar-refractivity contribution in [3.05, 3.63) is 65.5 Å². The van der Waals surface area contributed by atoms with Crippen LogP contribution in [0, 0.1) is 5.82 Å². The summed E-state index contributed by atoms with van der Waals surface area (Å²) in [5.41, 5.74) is 1.70. The first-order valence-corrected chi connectivity index (χ1v) is 11.5. The number of benzene rings is 2. The molecule has 10 heteroatoms. The number of carbonyl (C=O) groups is 2. The number of amides is 1. The highest BCUT2D eigenvalue weighted by Crippen LogP contribution is 2.35. The van der Waals surface area contributed by atoms with Crippen LogP contribution in [0.5, 0.6) is 0 Å². The quantitative estimate of drug-likeness (QED) is 0.663. The number of nitrogens with zero attached hydrogens (tertiary/aromatic N) is 2. The number of anilines is 1. The van der Waals surface area contributed by atoms with Gasteiger partial charge < -0.3 is 9.90 Å². The van der Waals surface area contributed by atoms with Crippen LogP contribution in [-0.4, -0.2) is 37.3 Å². The second-order valence-electron chi connectivity index (χ2n) is 7.21. The molecule has 3 rings (SSSR count). The summed E-state index contributed by atoms with van der Waals surface area (Å²) in [5, 5.41) is 16.2. The van der Waals surface area contributed by atoms with E-state index in [9.17, 15) is 27.5 Å². The zero-order valence-corrected chi connectivity index (χ0v) is 17.6. The average Bonchev–Trinajstić information content (AvgIpc) is 3.12. The minimum absolute atomic E-state index is 0.0780. The highest BCUT2D eigenvalue weighted by Gasteiger charge is 2.34. The van der Waals surface area contributed by atoms with Crippen molar-refractivity contribution in [3.8, 4) is 0 Å². The van der Waals surface area contributed by atoms with E-state index in [-0.39, 0.29) is 25.7 Å². The number of hydrogen-bond donors (Lipinski definition) is 1. The predicted octanol–water partition coefficient (Wildman–Crippen LogP) is 1.80. The molecular weight excluding hydrogens is 425 g/mol. The molecule has 1 aliphatic rings. The molecule has 0 aliphatic carbocycles. The van der Waals surface area contributed by atoms with Crippen LogP contribution < -0.4 is 9.83 Å². The fourth-order valence-corrected chi connectivity index (χ4v) is 3.93. The summed E-state index contributed by atoms with van der Waals surface area (Å²) >= 11 is 0. The Balaban J connectivity index is 1.91. The normalized spacial score (nSPS) is 16.1. The van der Waals surface area contributed by atoms with E-state index in [1.165, 1.54) is 11.1 Å². The van der Waals surface area contributed by atoms with Gasteiger partial charge in [0, 0.05) is 30.1 Å². The van der Waals surface area contributed by atoms with Crippen molar-refractivity contribution in [1.82, 2.24) is 5.01 Å². The van der Waals surface area contributed by atoms with E-state index in [0.29, 0.717) is 22.5 Å². The summed E-state index contributed by atoms with van der Waals surface area (Å²) in [5.74, 6) is -2.17. The van der Waals surface area contributed by atoms with Crippen molar-refractivity contribution in [3.63, 3.8) is 0 Å². The van der Waals surface area contributed by atoms with Gasteiger partial charge in [0.15, 0.2) is 0 Å². The second kappa shape index (κ2) is 9.25. The number of hydrogen-bond acceptors (Lipinski definition) is 6. The van der Waals surface area contributed by atoms with Crippen LogP contribution in [0.2, 0.25) is 0 Å². The van der Waals surface area contributed by atoms with Gasteiger partial charge in [0.2, 0.25) is 15.9 Å². The molecular formula is C21H21FN3O5S-. The predicted molar refractivity (Wildman–Crippen MR) is 111 cm³/mol. The fourth-order valence-electron chi connectivity index (χ4n) is 3.38. The van der Waals surface area contributed by atoms with E-state index >= 15 is 0 Å². The molecule has 0 spiro atoms. The maximum absolute atomic E-state index is 14.5. The molecule has 0 aromatic heterocycles. The number of hydrazone groups is 1. The molecule has 1 heterocycles. The van der Waals surface area contributed by atoms with Crippen LogP contribution in [0.3, 0.4) is 0 Å². The van der Waals surface area contributed by atoms with E-state index < -0.39 is 33.8 Å². The van der Waals surface area contributed by atoms with E-state index in [1.54, 1.807) is 42.5 Å². The lowest BCUT2D eigenvalue weighted by atomic mass is 9.97. The molecule has 31 heavy (non-hydrogen) atoms. The maximum Gasteiger partial charge on any atom is 0.243 e. The van der Waals surface area contributed by atoms with E-state index in [2.05, 4.69) is 9.82 Å². The molecule has 0 bridgehead atoms. The number of carbonyl (C=O) groups excluding carboxylic acids is 2. The van der Waals surface area contributed by atoms with Crippen molar-refractivity contribution >= 4 is 33.3 Å². The smallest absolute Gasteiger partial charge is 0.243 e.